The number of likely N-dealkylation sites (tertiary alicyclic amines) is 1. The molecule has 2 aliphatic rings. The Hall–Kier alpha value is -3.65. The number of nitrogens with one attached hydrogen (secondary N) is 1. The summed E-state index contributed by atoms with van der Waals surface area (Å²) >= 11 is 6.21. The van der Waals surface area contributed by atoms with E-state index in [2.05, 4.69) is 5.32 Å². The first-order valence-corrected chi connectivity index (χ1v) is 12.0. The van der Waals surface area contributed by atoms with E-state index in [1.807, 2.05) is 11.8 Å². The summed E-state index contributed by atoms with van der Waals surface area (Å²) in [6, 6.07) is 12.7. The lowest BCUT2D eigenvalue weighted by Crippen LogP contribution is -2.35. The largest absolute Gasteiger partial charge is 0.462 e. The fraction of sp³-hybridized carbons (Fsp3) is 0.308. The summed E-state index contributed by atoms with van der Waals surface area (Å²) in [4.78, 5) is 53.2. The Balaban J connectivity index is 1.45. The van der Waals surface area contributed by atoms with Crippen LogP contribution in [-0.2, 0) is 14.3 Å². The number of hydrogen-bond donors (Lipinski definition) is 1. The molecule has 1 fully saturated rings. The predicted octanol–water partition coefficient (Wildman–Crippen LogP) is 4.32. The van der Waals surface area contributed by atoms with Crippen LogP contribution in [0.5, 0.6) is 0 Å². The molecule has 1 N–H and O–H groups in total. The zero-order valence-electron chi connectivity index (χ0n) is 19.4. The van der Waals surface area contributed by atoms with Gasteiger partial charge in [0, 0.05) is 24.3 Å². The number of carbonyl (C=O) groups excluding carboxylic acids is 4. The van der Waals surface area contributed by atoms with E-state index in [1.165, 1.54) is 24.3 Å². The standard InChI is InChI=1S/C26H26ClN3O5/c1-2-16-35-26(34)18-8-12-20(13-9-18)30-24(32)21(27)22(25(30)33)28-19-10-6-17(7-11-19)23(31)29-14-4-3-5-15-29/h6-13,28H,2-5,14-16H2,1H3. The summed E-state index contributed by atoms with van der Waals surface area (Å²) in [7, 11) is 0. The van der Waals surface area contributed by atoms with E-state index in [0.29, 0.717) is 29.8 Å². The zero-order chi connectivity index (χ0) is 24.9. The Labute approximate surface area is 208 Å². The van der Waals surface area contributed by atoms with Gasteiger partial charge in [-0.15, -0.1) is 0 Å². The van der Waals surface area contributed by atoms with Crippen LogP contribution in [0.25, 0.3) is 0 Å². The maximum atomic E-state index is 13.0. The molecule has 0 unspecified atom stereocenters. The minimum atomic E-state index is -0.669. The van der Waals surface area contributed by atoms with Crippen LogP contribution < -0.4 is 10.2 Å². The number of hydrogen-bond acceptors (Lipinski definition) is 6. The average molecular weight is 496 g/mol. The van der Waals surface area contributed by atoms with Crippen molar-refractivity contribution in [1.82, 2.24) is 4.90 Å². The van der Waals surface area contributed by atoms with E-state index in [-0.39, 0.29) is 22.3 Å². The quantitative estimate of drug-likeness (QED) is 0.454. The summed E-state index contributed by atoms with van der Waals surface area (Å²) < 4.78 is 5.09. The average Bonchev–Trinajstić information content (AvgIpc) is 3.10. The van der Waals surface area contributed by atoms with Crippen LogP contribution in [-0.4, -0.2) is 48.3 Å². The molecule has 35 heavy (non-hydrogen) atoms. The molecule has 0 bridgehead atoms. The molecular formula is C26H26ClN3O5. The number of halogens is 1. The van der Waals surface area contributed by atoms with Crippen molar-refractivity contribution in [2.24, 2.45) is 0 Å². The van der Waals surface area contributed by atoms with Gasteiger partial charge in [0.25, 0.3) is 17.7 Å². The van der Waals surface area contributed by atoms with Crippen LogP contribution in [0.3, 0.4) is 0 Å². The van der Waals surface area contributed by atoms with E-state index in [1.54, 1.807) is 24.3 Å². The maximum absolute atomic E-state index is 13.0. The van der Waals surface area contributed by atoms with Gasteiger partial charge < -0.3 is 15.0 Å². The van der Waals surface area contributed by atoms with Crippen molar-refractivity contribution in [3.8, 4) is 0 Å². The Morgan fingerprint density at radius 2 is 1.54 bits per heavy atom. The van der Waals surface area contributed by atoms with Crippen LogP contribution in [0, 0.1) is 0 Å². The number of ether oxygens (including phenoxy) is 1. The van der Waals surface area contributed by atoms with Gasteiger partial charge in [0.05, 0.1) is 17.9 Å². The van der Waals surface area contributed by atoms with Crippen molar-refractivity contribution in [2.75, 3.05) is 29.9 Å². The number of imide groups is 1. The first kappa shape index (κ1) is 24.5. The normalized spacial score (nSPS) is 16.1. The molecule has 0 atom stereocenters. The third-order valence-corrected chi connectivity index (χ3v) is 6.22. The van der Waals surface area contributed by atoms with Gasteiger partial charge in [-0.05, 0) is 74.2 Å². The van der Waals surface area contributed by atoms with E-state index in [9.17, 15) is 19.2 Å². The maximum Gasteiger partial charge on any atom is 0.338 e. The van der Waals surface area contributed by atoms with Gasteiger partial charge in [-0.1, -0.05) is 18.5 Å². The second-order valence-corrected chi connectivity index (χ2v) is 8.75. The molecule has 0 spiro atoms. The van der Waals surface area contributed by atoms with E-state index in [4.69, 9.17) is 16.3 Å². The second-order valence-electron chi connectivity index (χ2n) is 8.37. The molecule has 3 amide bonds. The Morgan fingerprint density at radius 3 is 2.17 bits per heavy atom. The lowest BCUT2D eigenvalue weighted by Gasteiger charge is -2.26. The first-order chi connectivity index (χ1) is 16.9. The summed E-state index contributed by atoms with van der Waals surface area (Å²) in [6.07, 6.45) is 3.87. The summed E-state index contributed by atoms with van der Waals surface area (Å²) in [6.45, 7) is 3.72. The van der Waals surface area contributed by atoms with Crippen LogP contribution in [0.2, 0.25) is 0 Å². The van der Waals surface area contributed by atoms with Crippen LogP contribution in [0.4, 0.5) is 11.4 Å². The highest BCUT2D eigenvalue weighted by atomic mass is 35.5. The number of rotatable bonds is 7. The number of anilines is 2. The smallest absolute Gasteiger partial charge is 0.338 e. The molecule has 2 heterocycles. The highest BCUT2D eigenvalue weighted by molar-refractivity contribution is 6.53. The highest BCUT2D eigenvalue weighted by Gasteiger charge is 2.39. The van der Waals surface area contributed by atoms with Gasteiger partial charge in [-0.3, -0.25) is 14.4 Å². The number of benzene rings is 2. The van der Waals surface area contributed by atoms with Crippen molar-refractivity contribution >= 4 is 46.7 Å². The third-order valence-electron chi connectivity index (χ3n) is 5.87. The second kappa shape index (κ2) is 10.7. The molecule has 1 saturated heterocycles. The van der Waals surface area contributed by atoms with Crippen LogP contribution in [0.1, 0.15) is 53.3 Å². The van der Waals surface area contributed by atoms with Gasteiger partial charge in [0.1, 0.15) is 10.7 Å². The van der Waals surface area contributed by atoms with Gasteiger partial charge in [-0.25, -0.2) is 9.69 Å². The first-order valence-electron chi connectivity index (χ1n) is 11.6. The zero-order valence-corrected chi connectivity index (χ0v) is 20.1. The third kappa shape index (κ3) is 5.22. The summed E-state index contributed by atoms with van der Waals surface area (Å²) in [5.74, 6) is -1.78. The lowest BCUT2D eigenvalue weighted by molar-refractivity contribution is -0.120. The number of esters is 1. The van der Waals surface area contributed by atoms with Crippen LogP contribution >= 0.6 is 11.6 Å². The molecule has 2 aromatic carbocycles. The van der Waals surface area contributed by atoms with Crippen molar-refractivity contribution in [2.45, 2.75) is 32.6 Å². The molecule has 8 nitrogen and oxygen atoms in total. The molecule has 182 valence electrons. The van der Waals surface area contributed by atoms with Crippen molar-refractivity contribution < 1.29 is 23.9 Å². The minimum Gasteiger partial charge on any atom is -0.462 e. The Kier molecular flexibility index (Phi) is 7.51. The molecule has 0 saturated carbocycles. The SMILES string of the molecule is CCCOC(=O)c1ccc(N2C(=O)C(Cl)=C(Nc3ccc(C(=O)N4CCCCC4)cc3)C2=O)cc1. The Bertz CT molecular complexity index is 1170. The lowest BCUT2D eigenvalue weighted by atomic mass is 10.1. The predicted molar refractivity (Wildman–Crippen MR) is 132 cm³/mol. The minimum absolute atomic E-state index is 0.0196. The summed E-state index contributed by atoms with van der Waals surface area (Å²) in [5, 5.41) is 2.66. The molecule has 4 rings (SSSR count). The van der Waals surface area contributed by atoms with Crippen molar-refractivity contribution in [1.29, 1.82) is 0 Å². The molecule has 9 heteroatoms. The van der Waals surface area contributed by atoms with Gasteiger partial charge in [0.2, 0.25) is 0 Å². The van der Waals surface area contributed by atoms with E-state index in [0.717, 1.165) is 37.3 Å². The fourth-order valence-corrected chi connectivity index (χ4v) is 4.20. The van der Waals surface area contributed by atoms with Crippen LogP contribution in [0.15, 0.2) is 59.3 Å². The molecule has 0 aromatic heterocycles. The number of nitrogens with zero attached hydrogens (tertiary/aromatic N) is 2. The summed E-state index contributed by atoms with van der Waals surface area (Å²) in [5.41, 5.74) is 1.62. The topological polar surface area (TPSA) is 96.0 Å². The molecule has 0 radical (unpaired) electrons. The molecule has 2 aromatic rings. The van der Waals surface area contributed by atoms with E-state index < -0.39 is 17.8 Å². The fourth-order valence-electron chi connectivity index (χ4n) is 3.99. The molecule has 0 aliphatic carbocycles. The van der Waals surface area contributed by atoms with E-state index >= 15 is 0 Å². The molecule has 2 aliphatic heterocycles. The number of amides is 3. The van der Waals surface area contributed by atoms with Gasteiger partial charge >= 0.3 is 5.97 Å². The van der Waals surface area contributed by atoms with Gasteiger partial charge in [0.15, 0.2) is 0 Å². The van der Waals surface area contributed by atoms with Gasteiger partial charge in [-0.2, -0.15) is 0 Å². The molecular weight excluding hydrogens is 470 g/mol. The number of carbonyl (C=O) groups is 4. The number of piperidine rings is 1. The van der Waals surface area contributed by atoms with Crippen molar-refractivity contribution in [3.63, 3.8) is 0 Å². The highest BCUT2D eigenvalue weighted by Crippen LogP contribution is 2.30. The van der Waals surface area contributed by atoms with Crippen molar-refractivity contribution in [3.05, 3.63) is 70.4 Å². The monoisotopic (exact) mass is 495 g/mol. The Morgan fingerprint density at radius 1 is 0.914 bits per heavy atom.